The molecule has 2 aromatic carbocycles. The lowest BCUT2D eigenvalue weighted by Gasteiger charge is -2.18. The van der Waals surface area contributed by atoms with E-state index in [1.807, 2.05) is 32.0 Å². The van der Waals surface area contributed by atoms with Gasteiger partial charge >= 0.3 is 0 Å². The average molecular weight is 429 g/mol. The lowest BCUT2D eigenvalue weighted by atomic mass is 10.0. The number of rotatable bonds is 10. The Morgan fingerprint density at radius 2 is 2.03 bits per heavy atom. The molecule has 31 heavy (non-hydrogen) atoms. The summed E-state index contributed by atoms with van der Waals surface area (Å²) >= 11 is 0. The number of anilines is 1. The molecular weight excluding hydrogens is 402 g/mol. The molecule has 0 unspecified atom stereocenters. The summed E-state index contributed by atoms with van der Waals surface area (Å²) in [6, 6.07) is 10.1. The molecule has 166 valence electrons. The Morgan fingerprint density at radius 3 is 2.77 bits per heavy atom. The lowest BCUT2D eigenvalue weighted by Crippen LogP contribution is -2.28. The van der Waals surface area contributed by atoms with Gasteiger partial charge in [0.05, 0.1) is 18.1 Å². The van der Waals surface area contributed by atoms with Crippen molar-refractivity contribution in [3.63, 3.8) is 0 Å². The van der Waals surface area contributed by atoms with Crippen molar-refractivity contribution >= 4 is 17.3 Å². The van der Waals surface area contributed by atoms with Crippen molar-refractivity contribution in [2.45, 2.75) is 25.9 Å². The number of amides is 1. The van der Waals surface area contributed by atoms with Crippen LogP contribution in [0, 0.1) is 10.1 Å². The van der Waals surface area contributed by atoms with Crippen molar-refractivity contribution in [2.75, 3.05) is 38.7 Å². The Kier molecular flexibility index (Phi) is 6.96. The van der Waals surface area contributed by atoms with E-state index in [0.717, 1.165) is 17.7 Å². The Bertz CT molecular complexity index is 960. The molecule has 2 N–H and O–H groups in total. The minimum Gasteiger partial charge on any atom is -0.488 e. The number of hydrogen-bond acceptors (Lipinski definition) is 7. The molecule has 0 aromatic heterocycles. The van der Waals surface area contributed by atoms with Gasteiger partial charge in [-0.05, 0) is 32.0 Å². The number of nitro groups is 1. The van der Waals surface area contributed by atoms with Crippen LogP contribution in [-0.4, -0.2) is 49.8 Å². The summed E-state index contributed by atoms with van der Waals surface area (Å²) in [6.07, 6.45) is 0.811. The van der Waals surface area contributed by atoms with E-state index in [0.29, 0.717) is 24.6 Å². The zero-order chi connectivity index (χ0) is 22.4. The van der Waals surface area contributed by atoms with E-state index >= 15 is 0 Å². The number of nitrogens with one attached hydrogen (secondary N) is 2. The molecule has 0 atom stereocenters. The van der Waals surface area contributed by atoms with Gasteiger partial charge in [0, 0.05) is 37.3 Å². The Morgan fingerprint density at radius 1 is 1.23 bits per heavy atom. The Hall–Kier alpha value is -3.33. The highest BCUT2D eigenvalue weighted by Crippen LogP contribution is 2.41. The van der Waals surface area contributed by atoms with Gasteiger partial charge in [0.1, 0.15) is 17.9 Å². The first-order valence-corrected chi connectivity index (χ1v) is 10.0. The number of methoxy groups -OCH3 is 1. The van der Waals surface area contributed by atoms with Gasteiger partial charge in [0.25, 0.3) is 11.6 Å². The van der Waals surface area contributed by atoms with E-state index < -0.39 is 10.8 Å². The summed E-state index contributed by atoms with van der Waals surface area (Å²) in [5.74, 6) is 0.969. The maximum Gasteiger partial charge on any atom is 0.293 e. The Labute approximate surface area is 180 Å². The third-order valence-corrected chi connectivity index (χ3v) is 4.78. The number of carbonyl (C=O) groups excluding carboxylic acids is 1. The third kappa shape index (κ3) is 5.64. The zero-order valence-corrected chi connectivity index (χ0v) is 17.9. The summed E-state index contributed by atoms with van der Waals surface area (Å²) in [5, 5.41) is 17.0. The van der Waals surface area contributed by atoms with Crippen molar-refractivity contribution in [1.29, 1.82) is 0 Å². The van der Waals surface area contributed by atoms with Crippen LogP contribution in [0.25, 0.3) is 0 Å². The molecule has 0 bridgehead atoms. The fourth-order valence-corrected chi connectivity index (χ4v) is 3.39. The molecule has 0 saturated heterocycles. The van der Waals surface area contributed by atoms with Gasteiger partial charge in [-0.3, -0.25) is 14.9 Å². The number of nitrogens with zero attached hydrogens (tertiary/aromatic N) is 1. The minimum atomic E-state index is -0.521. The van der Waals surface area contributed by atoms with E-state index in [1.54, 1.807) is 13.2 Å². The number of ether oxygens (including phenoxy) is 3. The second kappa shape index (κ2) is 9.65. The number of benzene rings is 2. The fraction of sp³-hybridized carbons (Fsp3) is 0.409. The molecule has 0 fully saturated rings. The average Bonchev–Trinajstić information content (AvgIpc) is 3.05. The van der Waals surface area contributed by atoms with Gasteiger partial charge in [-0.1, -0.05) is 12.1 Å². The maximum absolute atomic E-state index is 12.4. The molecule has 1 heterocycles. The molecule has 0 radical (unpaired) electrons. The van der Waals surface area contributed by atoms with Crippen molar-refractivity contribution in [3.05, 3.63) is 57.6 Å². The Balaban J connectivity index is 1.55. The van der Waals surface area contributed by atoms with E-state index in [-0.39, 0.29) is 30.0 Å². The van der Waals surface area contributed by atoms with Crippen LogP contribution in [0.15, 0.2) is 36.4 Å². The topological polar surface area (TPSA) is 112 Å². The van der Waals surface area contributed by atoms with Gasteiger partial charge in [-0.25, -0.2) is 0 Å². The van der Waals surface area contributed by atoms with Crippen molar-refractivity contribution in [1.82, 2.24) is 5.32 Å². The lowest BCUT2D eigenvalue weighted by molar-refractivity contribution is -0.384. The molecule has 9 nitrogen and oxygen atoms in total. The van der Waals surface area contributed by atoms with Crippen LogP contribution < -0.4 is 20.1 Å². The van der Waals surface area contributed by atoms with Gasteiger partial charge < -0.3 is 24.8 Å². The second-order valence-electron chi connectivity index (χ2n) is 7.80. The smallest absolute Gasteiger partial charge is 0.293 e. The SMILES string of the molecule is COCCNc1ccc(C(=O)NCCOc2cccc3c2OC(C)(C)C3)cc1[N+](=O)[O-]. The summed E-state index contributed by atoms with van der Waals surface area (Å²) in [4.78, 5) is 23.3. The molecule has 3 rings (SSSR count). The molecule has 0 aliphatic carbocycles. The van der Waals surface area contributed by atoms with Gasteiger partial charge in [-0.2, -0.15) is 0 Å². The number of fused-ring (bicyclic) bond motifs is 1. The van der Waals surface area contributed by atoms with Crippen LogP contribution in [0.2, 0.25) is 0 Å². The first-order chi connectivity index (χ1) is 14.8. The summed E-state index contributed by atoms with van der Waals surface area (Å²) in [7, 11) is 1.55. The van der Waals surface area contributed by atoms with E-state index in [1.165, 1.54) is 12.1 Å². The van der Waals surface area contributed by atoms with E-state index in [9.17, 15) is 14.9 Å². The van der Waals surface area contributed by atoms with Crippen LogP contribution in [0.4, 0.5) is 11.4 Å². The van der Waals surface area contributed by atoms with Crippen LogP contribution in [0.3, 0.4) is 0 Å². The first-order valence-electron chi connectivity index (χ1n) is 10.0. The van der Waals surface area contributed by atoms with Crippen molar-refractivity contribution < 1.29 is 23.9 Å². The predicted octanol–water partition coefficient (Wildman–Crippen LogP) is 3.18. The van der Waals surface area contributed by atoms with Gasteiger partial charge in [0.2, 0.25) is 0 Å². The van der Waals surface area contributed by atoms with E-state index in [2.05, 4.69) is 10.6 Å². The molecule has 0 saturated carbocycles. The normalized spacial score (nSPS) is 13.8. The number of carbonyl (C=O) groups is 1. The number of para-hydroxylation sites is 1. The molecule has 1 amide bonds. The minimum absolute atomic E-state index is 0.167. The van der Waals surface area contributed by atoms with E-state index in [4.69, 9.17) is 14.2 Å². The van der Waals surface area contributed by atoms with Crippen LogP contribution >= 0.6 is 0 Å². The molecule has 1 aliphatic rings. The number of hydrogen-bond donors (Lipinski definition) is 2. The molecule has 2 aromatic rings. The standard InChI is InChI=1S/C22H27N3O6/c1-22(2)14-16-5-4-6-19(20(16)31-22)30-12-10-24-21(26)15-7-8-17(23-9-11-29-3)18(13-15)25(27)28/h4-8,13,23H,9-12,14H2,1-3H3,(H,24,26). The first kappa shape index (κ1) is 22.4. The molecule has 1 aliphatic heterocycles. The quantitative estimate of drug-likeness (QED) is 0.339. The van der Waals surface area contributed by atoms with Crippen LogP contribution in [-0.2, 0) is 11.2 Å². The molecule has 0 spiro atoms. The zero-order valence-electron chi connectivity index (χ0n) is 17.9. The van der Waals surface area contributed by atoms with Crippen molar-refractivity contribution in [3.8, 4) is 11.5 Å². The maximum atomic E-state index is 12.4. The second-order valence-corrected chi connectivity index (χ2v) is 7.80. The summed E-state index contributed by atoms with van der Waals surface area (Å²) in [6.45, 7) is 5.36. The van der Waals surface area contributed by atoms with Crippen LogP contribution in [0.5, 0.6) is 11.5 Å². The van der Waals surface area contributed by atoms with Gasteiger partial charge in [0.15, 0.2) is 11.5 Å². The molecule has 9 heteroatoms. The highest BCUT2D eigenvalue weighted by molar-refractivity contribution is 5.95. The highest BCUT2D eigenvalue weighted by atomic mass is 16.6. The number of nitro benzene ring substituents is 1. The van der Waals surface area contributed by atoms with Gasteiger partial charge in [-0.15, -0.1) is 0 Å². The molecular formula is C22H27N3O6. The summed E-state index contributed by atoms with van der Waals surface area (Å²) in [5.41, 5.74) is 1.20. The summed E-state index contributed by atoms with van der Waals surface area (Å²) < 4.78 is 16.7. The fourth-order valence-electron chi connectivity index (χ4n) is 3.39. The largest absolute Gasteiger partial charge is 0.488 e. The third-order valence-electron chi connectivity index (χ3n) is 4.78. The van der Waals surface area contributed by atoms with Crippen LogP contribution in [0.1, 0.15) is 29.8 Å². The highest BCUT2D eigenvalue weighted by Gasteiger charge is 2.32. The predicted molar refractivity (Wildman–Crippen MR) is 116 cm³/mol. The van der Waals surface area contributed by atoms with Crippen molar-refractivity contribution in [2.24, 2.45) is 0 Å². The monoisotopic (exact) mass is 429 g/mol.